The number of carbonyl (C=O) groups is 2. The lowest BCUT2D eigenvalue weighted by Gasteiger charge is -2.37. The van der Waals surface area contributed by atoms with Crippen molar-refractivity contribution >= 4 is 23.3 Å². The molecule has 1 atom stereocenters. The topological polar surface area (TPSA) is 109 Å². The van der Waals surface area contributed by atoms with Crippen molar-refractivity contribution in [2.75, 3.05) is 38.1 Å². The van der Waals surface area contributed by atoms with Crippen molar-refractivity contribution in [2.24, 2.45) is 5.73 Å². The van der Waals surface area contributed by atoms with Crippen molar-refractivity contribution in [2.45, 2.75) is 18.3 Å². The first-order valence-electron chi connectivity index (χ1n) is 11.2. The third kappa shape index (κ3) is 5.27. The van der Waals surface area contributed by atoms with Gasteiger partial charge in [0, 0.05) is 19.8 Å². The lowest BCUT2D eigenvalue weighted by Crippen LogP contribution is -2.41. The average Bonchev–Trinajstić information content (AvgIpc) is 2.90. The first kappa shape index (κ1) is 29.9. The molecule has 0 amide bonds. The maximum absolute atomic E-state index is 14.1. The summed E-state index contributed by atoms with van der Waals surface area (Å²) in [5, 5.41) is 10.0. The van der Waals surface area contributed by atoms with E-state index in [-0.39, 0.29) is 5.56 Å². The molecule has 0 spiro atoms. The smallest absolute Gasteiger partial charge is 0.418 e. The molecule has 0 aromatic heterocycles. The lowest BCUT2D eigenvalue weighted by atomic mass is 9.81. The van der Waals surface area contributed by atoms with Gasteiger partial charge in [-0.2, -0.15) is 31.6 Å². The Bertz CT molecular complexity index is 1400. The second kappa shape index (κ2) is 10.8. The fourth-order valence-corrected chi connectivity index (χ4v) is 4.44. The molecule has 2 aromatic carbocycles. The van der Waals surface area contributed by atoms with Crippen LogP contribution in [0.1, 0.15) is 22.6 Å². The average molecular weight is 568 g/mol. The van der Waals surface area contributed by atoms with Crippen LogP contribution >= 0.6 is 0 Å². The van der Waals surface area contributed by atoms with Gasteiger partial charge in [0.1, 0.15) is 11.5 Å². The van der Waals surface area contributed by atoms with Gasteiger partial charge in [0.2, 0.25) is 0 Å². The first-order chi connectivity index (χ1) is 18.6. The van der Waals surface area contributed by atoms with Crippen molar-refractivity contribution in [1.29, 1.82) is 5.26 Å². The number of ether oxygens (including phenoxy) is 2. The number of nitrogens with zero attached hydrogens (tertiary/aromatic N) is 3. The van der Waals surface area contributed by atoms with Gasteiger partial charge in [-0.15, -0.1) is 0 Å². The fourth-order valence-electron chi connectivity index (χ4n) is 4.44. The Hall–Kier alpha value is -4.67. The van der Waals surface area contributed by atoms with E-state index in [4.69, 9.17) is 15.2 Å². The van der Waals surface area contributed by atoms with Crippen molar-refractivity contribution in [1.82, 2.24) is 0 Å². The number of benzene rings is 2. The Morgan fingerprint density at radius 3 is 1.85 bits per heavy atom. The van der Waals surface area contributed by atoms with Gasteiger partial charge in [0.25, 0.3) is 0 Å². The number of carbonyl (C=O) groups excluding carboxylic acids is 2. The molecule has 40 heavy (non-hydrogen) atoms. The summed E-state index contributed by atoms with van der Waals surface area (Å²) in [4.78, 5) is 27.3. The van der Waals surface area contributed by atoms with E-state index < -0.39 is 75.4 Å². The molecule has 0 fully saturated rings. The van der Waals surface area contributed by atoms with Gasteiger partial charge in [-0.25, -0.2) is 9.59 Å². The van der Waals surface area contributed by atoms with Gasteiger partial charge < -0.3 is 20.1 Å². The maximum Gasteiger partial charge on any atom is 0.418 e. The standard InChI is InChI=1S/C26H22F6N4O4/c1-35(2)20-16(25(27,28)29)10-14(11-17(20)26(30,31)32)36-21(24(38)40-4)19(23(37)39-3)18(15(12-33)22(36)34)13-8-6-5-7-9-13/h5-11,18H,34H2,1-4H3. The van der Waals surface area contributed by atoms with E-state index in [1.165, 1.54) is 12.1 Å². The van der Waals surface area contributed by atoms with Gasteiger partial charge >= 0.3 is 24.3 Å². The van der Waals surface area contributed by atoms with E-state index in [2.05, 4.69) is 0 Å². The van der Waals surface area contributed by atoms with E-state index in [0.29, 0.717) is 21.9 Å². The number of halogens is 6. The van der Waals surface area contributed by atoms with Crippen LogP contribution in [0.3, 0.4) is 0 Å². The SMILES string of the molecule is COC(=O)C1=C(C(=O)OC)N(c2cc(C(F)(F)F)c(N(C)C)c(C(F)(F)F)c2)C(N)=C(C#N)C1c1ccccc1. The van der Waals surface area contributed by atoms with Gasteiger partial charge in [-0.05, 0) is 17.7 Å². The molecule has 0 bridgehead atoms. The molecule has 0 radical (unpaired) electrons. The van der Waals surface area contributed by atoms with Gasteiger partial charge in [-0.1, -0.05) is 30.3 Å². The van der Waals surface area contributed by atoms with E-state index >= 15 is 0 Å². The second-order valence-electron chi connectivity index (χ2n) is 8.61. The van der Waals surface area contributed by atoms with Crippen molar-refractivity contribution in [3.05, 3.63) is 81.8 Å². The molecule has 1 aliphatic rings. The molecule has 0 aliphatic carbocycles. The molecule has 1 aliphatic heterocycles. The molecule has 2 aromatic rings. The number of hydrogen-bond donors (Lipinski definition) is 1. The minimum absolute atomic E-state index is 0.262. The zero-order chi connectivity index (χ0) is 30.2. The van der Waals surface area contributed by atoms with Crippen LogP contribution in [-0.4, -0.2) is 40.3 Å². The number of nitrogens with two attached hydrogens (primary N) is 1. The molecule has 2 N–H and O–H groups in total. The number of esters is 2. The molecular weight excluding hydrogens is 546 g/mol. The number of alkyl halides is 6. The van der Waals surface area contributed by atoms with Crippen LogP contribution in [0.25, 0.3) is 0 Å². The highest BCUT2D eigenvalue weighted by Gasteiger charge is 2.46. The van der Waals surface area contributed by atoms with Crippen molar-refractivity contribution < 1.29 is 45.4 Å². The van der Waals surface area contributed by atoms with Crippen LogP contribution in [0.15, 0.2) is 65.1 Å². The quantitative estimate of drug-likeness (QED) is 0.409. The highest BCUT2D eigenvalue weighted by atomic mass is 19.4. The number of methoxy groups -OCH3 is 2. The molecule has 0 saturated carbocycles. The summed E-state index contributed by atoms with van der Waals surface area (Å²) in [6, 6.07) is 10.1. The van der Waals surface area contributed by atoms with E-state index in [9.17, 15) is 41.2 Å². The van der Waals surface area contributed by atoms with E-state index in [0.717, 1.165) is 28.3 Å². The Labute approximate surface area is 224 Å². The Morgan fingerprint density at radius 1 is 0.950 bits per heavy atom. The zero-order valence-corrected chi connectivity index (χ0v) is 21.4. The summed E-state index contributed by atoms with van der Waals surface area (Å²) in [7, 11) is 3.83. The molecule has 8 nitrogen and oxygen atoms in total. The first-order valence-corrected chi connectivity index (χ1v) is 11.2. The number of hydrogen-bond acceptors (Lipinski definition) is 8. The molecule has 1 unspecified atom stereocenters. The monoisotopic (exact) mass is 568 g/mol. The predicted molar refractivity (Wildman–Crippen MR) is 130 cm³/mol. The summed E-state index contributed by atoms with van der Waals surface area (Å²) >= 11 is 0. The van der Waals surface area contributed by atoms with E-state index in [1.807, 2.05) is 0 Å². The number of rotatable bonds is 5. The Kier molecular flexibility index (Phi) is 8.09. The zero-order valence-electron chi connectivity index (χ0n) is 21.4. The second-order valence-corrected chi connectivity index (χ2v) is 8.61. The van der Waals surface area contributed by atoms with Crippen LogP contribution in [0.5, 0.6) is 0 Å². The number of anilines is 2. The van der Waals surface area contributed by atoms with Crippen LogP contribution in [0.4, 0.5) is 37.7 Å². The molecule has 0 saturated heterocycles. The normalized spacial score (nSPS) is 16.0. The van der Waals surface area contributed by atoms with Crippen molar-refractivity contribution in [3.63, 3.8) is 0 Å². The highest BCUT2D eigenvalue weighted by molar-refractivity contribution is 6.06. The molecule has 3 rings (SSSR count). The predicted octanol–water partition coefficient (Wildman–Crippen LogP) is 4.69. The molecular formula is C26H22F6N4O4. The van der Waals surface area contributed by atoms with Gasteiger partial charge in [0.05, 0.1) is 54.2 Å². The minimum Gasteiger partial charge on any atom is -0.466 e. The molecule has 212 valence electrons. The Morgan fingerprint density at radius 2 is 1.45 bits per heavy atom. The Balaban J connectivity index is 2.57. The number of allylic oxidation sites excluding steroid dienone is 1. The van der Waals surface area contributed by atoms with Crippen LogP contribution in [0.2, 0.25) is 0 Å². The minimum atomic E-state index is -5.30. The summed E-state index contributed by atoms with van der Waals surface area (Å²) < 4.78 is 94.4. The summed E-state index contributed by atoms with van der Waals surface area (Å²) in [6.45, 7) is 0. The van der Waals surface area contributed by atoms with E-state index in [1.54, 1.807) is 24.3 Å². The van der Waals surface area contributed by atoms with Gasteiger partial charge in [-0.3, -0.25) is 4.90 Å². The third-order valence-corrected chi connectivity index (χ3v) is 6.02. The lowest BCUT2D eigenvalue weighted by molar-refractivity contribution is -0.142. The third-order valence-electron chi connectivity index (χ3n) is 6.02. The van der Waals surface area contributed by atoms with Crippen LogP contribution in [0, 0.1) is 11.3 Å². The molecule has 14 heteroatoms. The molecule has 1 heterocycles. The summed E-state index contributed by atoms with van der Waals surface area (Å²) in [6.07, 6.45) is -10.6. The fraction of sp³-hybridized carbons (Fsp3) is 0.269. The summed E-state index contributed by atoms with van der Waals surface area (Å²) in [5.74, 6) is -4.59. The number of nitriles is 1. The highest BCUT2D eigenvalue weighted by Crippen LogP contribution is 2.49. The summed E-state index contributed by atoms with van der Waals surface area (Å²) in [5.41, 5.74) is -0.860. The van der Waals surface area contributed by atoms with Crippen LogP contribution < -0.4 is 15.5 Å². The maximum atomic E-state index is 14.1. The van der Waals surface area contributed by atoms with Gasteiger partial charge in [0.15, 0.2) is 0 Å². The largest absolute Gasteiger partial charge is 0.466 e. The van der Waals surface area contributed by atoms with Crippen LogP contribution in [-0.2, 0) is 31.4 Å². The van der Waals surface area contributed by atoms with Crippen molar-refractivity contribution in [3.8, 4) is 6.07 Å².